The van der Waals surface area contributed by atoms with Crippen LogP contribution in [-0.2, 0) is 6.54 Å². The highest BCUT2D eigenvalue weighted by molar-refractivity contribution is 5.30. The van der Waals surface area contributed by atoms with Crippen molar-refractivity contribution < 1.29 is 4.74 Å². The summed E-state index contributed by atoms with van der Waals surface area (Å²) in [4.78, 5) is 0. The Kier molecular flexibility index (Phi) is 2.72. The quantitative estimate of drug-likeness (QED) is 0.765. The van der Waals surface area contributed by atoms with Gasteiger partial charge >= 0.3 is 0 Å². The summed E-state index contributed by atoms with van der Waals surface area (Å²) in [6, 6.07) is 7.97. The normalized spacial score (nSPS) is 10.3. The van der Waals surface area contributed by atoms with Gasteiger partial charge in [0, 0.05) is 6.54 Å². The largest absolute Gasteiger partial charge is 0.454 e. The molecule has 0 spiro atoms. The first-order valence-electron chi connectivity index (χ1n) is 5.05. The van der Waals surface area contributed by atoms with Gasteiger partial charge in [-0.3, -0.25) is 4.68 Å². The molecular formula is C12H14N2O. The highest BCUT2D eigenvalue weighted by Crippen LogP contribution is 2.20. The molecule has 15 heavy (non-hydrogen) atoms. The lowest BCUT2D eigenvalue weighted by Gasteiger charge is -2.02. The lowest BCUT2D eigenvalue weighted by Crippen LogP contribution is -1.92. The summed E-state index contributed by atoms with van der Waals surface area (Å²) < 4.78 is 7.47. The van der Waals surface area contributed by atoms with Crippen LogP contribution in [0.5, 0.6) is 11.5 Å². The third kappa shape index (κ3) is 2.37. The first kappa shape index (κ1) is 9.77. The first-order chi connectivity index (χ1) is 7.28. The van der Waals surface area contributed by atoms with Crippen molar-refractivity contribution in [3.05, 3.63) is 42.2 Å². The van der Waals surface area contributed by atoms with Gasteiger partial charge in [0.25, 0.3) is 0 Å². The van der Waals surface area contributed by atoms with Crippen LogP contribution in [-0.4, -0.2) is 9.78 Å². The maximum Gasteiger partial charge on any atom is 0.165 e. The molecule has 2 rings (SSSR count). The molecule has 0 aliphatic heterocycles. The minimum atomic E-state index is 0.778. The van der Waals surface area contributed by atoms with Crippen LogP contribution in [0.1, 0.15) is 12.5 Å². The predicted octanol–water partition coefficient (Wildman–Crippen LogP) is 3.00. The SMILES string of the molecule is CCn1cc(Oc2ccc(C)cc2)cn1. The van der Waals surface area contributed by atoms with Gasteiger partial charge in [0.1, 0.15) is 5.75 Å². The molecule has 1 aromatic heterocycles. The molecule has 0 fully saturated rings. The van der Waals surface area contributed by atoms with E-state index < -0.39 is 0 Å². The third-order valence-corrected chi connectivity index (χ3v) is 2.19. The molecule has 0 N–H and O–H groups in total. The van der Waals surface area contributed by atoms with E-state index in [1.54, 1.807) is 6.20 Å². The van der Waals surface area contributed by atoms with E-state index in [1.165, 1.54) is 5.56 Å². The zero-order valence-corrected chi connectivity index (χ0v) is 8.97. The Bertz CT molecular complexity index is 431. The highest BCUT2D eigenvalue weighted by Gasteiger charge is 1.99. The summed E-state index contributed by atoms with van der Waals surface area (Å²) in [6.45, 7) is 4.96. The zero-order chi connectivity index (χ0) is 10.7. The number of benzene rings is 1. The fourth-order valence-electron chi connectivity index (χ4n) is 1.31. The molecule has 0 amide bonds. The molecule has 0 saturated heterocycles. The van der Waals surface area contributed by atoms with E-state index in [2.05, 4.69) is 12.0 Å². The second kappa shape index (κ2) is 4.17. The summed E-state index contributed by atoms with van der Waals surface area (Å²) in [5.74, 6) is 1.62. The first-order valence-corrected chi connectivity index (χ1v) is 5.05. The van der Waals surface area contributed by atoms with E-state index in [1.807, 2.05) is 42.1 Å². The zero-order valence-electron chi connectivity index (χ0n) is 8.97. The molecule has 1 heterocycles. The van der Waals surface area contributed by atoms with E-state index >= 15 is 0 Å². The topological polar surface area (TPSA) is 27.1 Å². The molecule has 2 aromatic rings. The number of aryl methyl sites for hydroxylation is 2. The van der Waals surface area contributed by atoms with Crippen molar-refractivity contribution in [1.82, 2.24) is 9.78 Å². The Balaban J connectivity index is 2.11. The van der Waals surface area contributed by atoms with Crippen molar-refractivity contribution in [3.63, 3.8) is 0 Å². The second-order valence-electron chi connectivity index (χ2n) is 3.45. The molecule has 0 aliphatic rings. The van der Waals surface area contributed by atoms with E-state index in [9.17, 15) is 0 Å². The molecular weight excluding hydrogens is 188 g/mol. The van der Waals surface area contributed by atoms with Crippen LogP contribution < -0.4 is 4.74 Å². The van der Waals surface area contributed by atoms with Crippen LogP contribution in [0.3, 0.4) is 0 Å². The Morgan fingerprint density at radius 1 is 1.20 bits per heavy atom. The van der Waals surface area contributed by atoms with E-state index in [-0.39, 0.29) is 0 Å². The van der Waals surface area contributed by atoms with Gasteiger partial charge in [-0.1, -0.05) is 17.7 Å². The van der Waals surface area contributed by atoms with Crippen LogP contribution in [0.25, 0.3) is 0 Å². The maximum atomic E-state index is 5.63. The van der Waals surface area contributed by atoms with E-state index in [4.69, 9.17) is 4.74 Å². The number of hydrogen-bond donors (Lipinski definition) is 0. The molecule has 78 valence electrons. The molecule has 0 radical (unpaired) electrons. The molecule has 0 aliphatic carbocycles. The molecule has 3 heteroatoms. The second-order valence-corrected chi connectivity index (χ2v) is 3.45. The van der Waals surface area contributed by atoms with Crippen molar-refractivity contribution in [2.45, 2.75) is 20.4 Å². The van der Waals surface area contributed by atoms with Crippen molar-refractivity contribution in [2.75, 3.05) is 0 Å². The van der Waals surface area contributed by atoms with Gasteiger partial charge in [-0.2, -0.15) is 5.10 Å². The Labute approximate surface area is 89.3 Å². The van der Waals surface area contributed by atoms with Gasteiger partial charge in [0.15, 0.2) is 5.75 Å². The van der Waals surface area contributed by atoms with Gasteiger partial charge in [-0.05, 0) is 26.0 Å². The lowest BCUT2D eigenvalue weighted by atomic mass is 10.2. The average Bonchev–Trinajstić information content (AvgIpc) is 2.69. The van der Waals surface area contributed by atoms with Crippen molar-refractivity contribution >= 4 is 0 Å². The van der Waals surface area contributed by atoms with Crippen molar-refractivity contribution in [3.8, 4) is 11.5 Å². The third-order valence-electron chi connectivity index (χ3n) is 2.19. The van der Waals surface area contributed by atoms with Gasteiger partial charge in [-0.15, -0.1) is 0 Å². The van der Waals surface area contributed by atoms with E-state index in [0.29, 0.717) is 0 Å². The number of rotatable bonds is 3. The molecule has 0 atom stereocenters. The fourth-order valence-corrected chi connectivity index (χ4v) is 1.31. The monoisotopic (exact) mass is 202 g/mol. The van der Waals surface area contributed by atoms with Gasteiger partial charge < -0.3 is 4.74 Å². The van der Waals surface area contributed by atoms with Gasteiger partial charge in [0.2, 0.25) is 0 Å². The Hall–Kier alpha value is -1.77. The number of hydrogen-bond acceptors (Lipinski definition) is 2. The minimum absolute atomic E-state index is 0.778. The van der Waals surface area contributed by atoms with Crippen LogP contribution in [0.15, 0.2) is 36.7 Å². The van der Waals surface area contributed by atoms with Crippen molar-refractivity contribution in [1.29, 1.82) is 0 Å². The van der Waals surface area contributed by atoms with Gasteiger partial charge in [-0.25, -0.2) is 0 Å². The molecule has 1 aromatic carbocycles. The maximum absolute atomic E-state index is 5.63. The fraction of sp³-hybridized carbons (Fsp3) is 0.250. The summed E-state index contributed by atoms with van der Waals surface area (Å²) in [5, 5.41) is 4.14. The summed E-state index contributed by atoms with van der Waals surface area (Å²) in [6.07, 6.45) is 3.61. The van der Waals surface area contributed by atoms with Gasteiger partial charge in [0.05, 0.1) is 12.4 Å². The number of aromatic nitrogens is 2. The summed E-state index contributed by atoms with van der Waals surface area (Å²) >= 11 is 0. The summed E-state index contributed by atoms with van der Waals surface area (Å²) in [5.41, 5.74) is 1.23. The minimum Gasteiger partial charge on any atom is -0.454 e. The number of ether oxygens (including phenoxy) is 1. The molecule has 0 bridgehead atoms. The highest BCUT2D eigenvalue weighted by atomic mass is 16.5. The van der Waals surface area contributed by atoms with Crippen LogP contribution in [0, 0.1) is 6.92 Å². The Morgan fingerprint density at radius 3 is 2.53 bits per heavy atom. The van der Waals surface area contributed by atoms with Crippen molar-refractivity contribution in [2.24, 2.45) is 0 Å². The summed E-state index contributed by atoms with van der Waals surface area (Å²) in [7, 11) is 0. The van der Waals surface area contributed by atoms with E-state index in [0.717, 1.165) is 18.0 Å². The number of nitrogens with zero attached hydrogens (tertiary/aromatic N) is 2. The molecule has 3 nitrogen and oxygen atoms in total. The average molecular weight is 202 g/mol. The lowest BCUT2D eigenvalue weighted by molar-refractivity contribution is 0.481. The predicted molar refractivity (Wildman–Crippen MR) is 59.2 cm³/mol. The van der Waals surface area contributed by atoms with Crippen LogP contribution >= 0.6 is 0 Å². The standard InChI is InChI=1S/C12H14N2O/c1-3-14-9-12(8-13-14)15-11-6-4-10(2)5-7-11/h4-9H,3H2,1-2H3. The Morgan fingerprint density at radius 2 is 1.93 bits per heavy atom. The van der Waals surface area contributed by atoms with Crippen LogP contribution in [0.2, 0.25) is 0 Å². The smallest absolute Gasteiger partial charge is 0.165 e. The van der Waals surface area contributed by atoms with Crippen LogP contribution in [0.4, 0.5) is 0 Å². The molecule has 0 unspecified atom stereocenters. The molecule has 0 saturated carbocycles.